The Kier molecular flexibility index (Phi) is 4.06. The van der Waals surface area contributed by atoms with E-state index in [1.54, 1.807) is 18.2 Å². The molecule has 5 nitrogen and oxygen atoms in total. The van der Waals surface area contributed by atoms with Crippen molar-refractivity contribution in [3.05, 3.63) is 54.3 Å². The number of nitrogens with zero attached hydrogens (tertiary/aromatic N) is 2. The number of halogens is 1. The van der Waals surface area contributed by atoms with Gasteiger partial charge in [0.25, 0.3) is 0 Å². The van der Waals surface area contributed by atoms with Gasteiger partial charge in [0.1, 0.15) is 18.9 Å². The first-order valence-corrected chi connectivity index (χ1v) is 8.02. The summed E-state index contributed by atoms with van der Waals surface area (Å²) >= 11 is 0. The van der Waals surface area contributed by atoms with Crippen LogP contribution >= 0.6 is 0 Å². The molecule has 6 heteroatoms. The van der Waals surface area contributed by atoms with Crippen LogP contribution in [0.25, 0.3) is 10.9 Å². The van der Waals surface area contributed by atoms with Crippen molar-refractivity contribution in [1.82, 2.24) is 9.97 Å². The second kappa shape index (κ2) is 6.51. The lowest BCUT2D eigenvalue weighted by Crippen LogP contribution is -3.09. The lowest BCUT2D eigenvalue weighted by Gasteiger charge is -2.23. The van der Waals surface area contributed by atoms with Crippen molar-refractivity contribution in [2.24, 2.45) is 0 Å². The number of rotatable bonds is 3. The monoisotopic (exact) mass is 325 g/mol. The van der Waals surface area contributed by atoms with Gasteiger partial charge >= 0.3 is 0 Å². The van der Waals surface area contributed by atoms with Gasteiger partial charge in [0.05, 0.1) is 29.8 Å². The van der Waals surface area contributed by atoms with Gasteiger partial charge in [-0.1, -0.05) is 24.3 Å². The summed E-state index contributed by atoms with van der Waals surface area (Å²) < 4.78 is 19.4. The Morgan fingerprint density at radius 3 is 2.54 bits per heavy atom. The Hall–Kier alpha value is -2.57. The standard InChI is InChI=1S/C18H17FN4O/c19-14-6-2-4-8-16(14)21-18-20-15-7-3-1-5-13(15)17(22-18)23-9-11-24-12-10-23/h1-8H,9-12H2,(H,20,21,22)/p+1. The molecule has 3 aromatic rings. The molecule has 1 aliphatic heterocycles. The van der Waals surface area contributed by atoms with Crippen LogP contribution in [0.3, 0.4) is 0 Å². The Bertz CT molecular complexity index is 865. The number of fused-ring (bicyclic) bond motifs is 1. The first kappa shape index (κ1) is 15.0. The number of hydrogen-bond donors (Lipinski definition) is 2. The van der Waals surface area contributed by atoms with Gasteiger partial charge in [-0.2, -0.15) is 4.98 Å². The van der Waals surface area contributed by atoms with Crippen LogP contribution in [0, 0.1) is 5.82 Å². The average Bonchev–Trinajstić information content (AvgIpc) is 2.64. The molecule has 0 aliphatic carbocycles. The summed E-state index contributed by atoms with van der Waals surface area (Å²) in [6.07, 6.45) is 0. The third-order valence-electron chi connectivity index (χ3n) is 4.15. The zero-order valence-electron chi connectivity index (χ0n) is 13.1. The number of ether oxygens (including phenoxy) is 1. The largest absolute Gasteiger partial charge is 0.370 e. The molecule has 0 spiro atoms. The molecule has 0 atom stereocenters. The number of hydrogen-bond acceptors (Lipinski definition) is 4. The van der Waals surface area contributed by atoms with Gasteiger partial charge in [-0.3, -0.25) is 4.90 Å². The molecular formula is C18H18FN4O+. The Labute approximate surface area is 139 Å². The number of para-hydroxylation sites is 2. The summed E-state index contributed by atoms with van der Waals surface area (Å²) in [5.74, 6) is 1.02. The molecular weight excluding hydrogens is 307 g/mol. The molecule has 4 rings (SSSR count). The maximum absolute atomic E-state index is 13.9. The third-order valence-corrected chi connectivity index (χ3v) is 4.15. The molecule has 0 unspecified atom stereocenters. The molecule has 24 heavy (non-hydrogen) atoms. The van der Waals surface area contributed by atoms with E-state index < -0.39 is 0 Å². The predicted octanol–water partition coefficient (Wildman–Crippen LogP) is 2.06. The highest BCUT2D eigenvalue weighted by Gasteiger charge is 2.22. The van der Waals surface area contributed by atoms with E-state index in [-0.39, 0.29) is 5.82 Å². The Morgan fingerprint density at radius 1 is 0.958 bits per heavy atom. The molecule has 1 aromatic heterocycles. The normalized spacial score (nSPS) is 15.5. The lowest BCUT2D eigenvalue weighted by molar-refractivity contribution is -0.843. The van der Waals surface area contributed by atoms with Gasteiger partial charge < -0.3 is 10.1 Å². The van der Waals surface area contributed by atoms with E-state index in [9.17, 15) is 4.39 Å². The van der Waals surface area contributed by atoms with Crippen molar-refractivity contribution in [1.29, 1.82) is 0 Å². The van der Waals surface area contributed by atoms with Crippen molar-refractivity contribution < 1.29 is 14.0 Å². The SMILES string of the molecule is Fc1ccccc1Nc1nc([NH+]2CCOCC2)c2ccccc2n1. The van der Waals surface area contributed by atoms with E-state index in [0.717, 1.165) is 29.8 Å². The summed E-state index contributed by atoms with van der Waals surface area (Å²) in [6.45, 7) is 3.15. The van der Waals surface area contributed by atoms with Crippen LogP contribution in [-0.2, 0) is 4.74 Å². The number of morpholine rings is 1. The number of aromatic nitrogens is 2. The van der Waals surface area contributed by atoms with Gasteiger partial charge in [-0.25, -0.2) is 9.37 Å². The topological polar surface area (TPSA) is 51.5 Å². The van der Waals surface area contributed by atoms with Crippen LogP contribution in [0.4, 0.5) is 21.8 Å². The average molecular weight is 325 g/mol. The first-order valence-electron chi connectivity index (χ1n) is 8.02. The van der Waals surface area contributed by atoms with Gasteiger partial charge in [-0.05, 0) is 24.3 Å². The van der Waals surface area contributed by atoms with Crippen LogP contribution in [0.2, 0.25) is 0 Å². The minimum Gasteiger partial charge on any atom is -0.370 e. The molecule has 2 aromatic carbocycles. The molecule has 0 saturated carbocycles. The lowest BCUT2D eigenvalue weighted by atomic mass is 10.2. The molecule has 1 saturated heterocycles. The first-order chi connectivity index (χ1) is 11.8. The van der Waals surface area contributed by atoms with Crippen molar-refractivity contribution in [2.75, 3.05) is 31.6 Å². The van der Waals surface area contributed by atoms with Crippen molar-refractivity contribution >= 4 is 28.4 Å². The molecule has 2 heterocycles. The second-order valence-electron chi connectivity index (χ2n) is 5.73. The minimum atomic E-state index is -0.325. The molecule has 0 amide bonds. The smallest absolute Gasteiger partial charge is 0.238 e. The van der Waals surface area contributed by atoms with Gasteiger partial charge in [-0.15, -0.1) is 0 Å². The second-order valence-corrected chi connectivity index (χ2v) is 5.73. The zero-order chi connectivity index (χ0) is 16.4. The van der Waals surface area contributed by atoms with Crippen molar-refractivity contribution in [3.63, 3.8) is 0 Å². The van der Waals surface area contributed by atoms with Crippen LogP contribution in [0.1, 0.15) is 0 Å². The van der Waals surface area contributed by atoms with E-state index in [4.69, 9.17) is 4.74 Å². The highest BCUT2D eigenvalue weighted by Crippen LogP contribution is 2.22. The molecule has 0 bridgehead atoms. The highest BCUT2D eigenvalue weighted by atomic mass is 19.1. The number of benzene rings is 2. The predicted molar refractivity (Wildman–Crippen MR) is 90.4 cm³/mol. The van der Waals surface area contributed by atoms with E-state index in [1.807, 2.05) is 24.3 Å². The molecule has 0 radical (unpaired) electrons. The number of quaternary nitrogens is 1. The highest BCUT2D eigenvalue weighted by molar-refractivity contribution is 5.87. The number of anilines is 2. The zero-order valence-corrected chi connectivity index (χ0v) is 13.1. The van der Waals surface area contributed by atoms with Crippen LogP contribution in [-0.4, -0.2) is 36.3 Å². The van der Waals surface area contributed by atoms with Gasteiger partial charge in [0, 0.05) is 0 Å². The fourth-order valence-corrected chi connectivity index (χ4v) is 2.94. The fraction of sp³-hybridized carbons (Fsp3) is 0.222. The summed E-state index contributed by atoms with van der Waals surface area (Å²) in [5, 5.41) is 4.02. The van der Waals surface area contributed by atoms with Crippen molar-refractivity contribution in [3.8, 4) is 0 Å². The quantitative estimate of drug-likeness (QED) is 0.774. The Balaban J connectivity index is 1.77. The van der Waals surface area contributed by atoms with E-state index in [2.05, 4.69) is 15.3 Å². The summed E-state index contributed by atoms with van der Waals surface area (Å²) in [5.41, 5.74) is 1.22. The van der Waals surface area contributed by atoms with E-state index in [0.29, 0.717) is 24.8 Å². The third kappa shape index (κ3) is 2.93. The summed E-state index contributed by atoms with van der Waals surface area (Å²) in [6, 6.07) is 14.4. The minimum absolute atomic E-state index is 0.325. The molecule has 122 valence electrons. The molecule has 2 N–H and O–H groups in total. The Morgan fingerprint density at radius 2 is 1.71 bits per heavy atom. The van der Waals surface area contributed by atoms with E-state index in [1.165, 1.54) is 11.0 Å². The van der Waals surface area contributed by atoms with Crippen LogP contribution in [0.15, 0.2) is 48.5 Å². The number of nitrogens with one attached hydrogen (secondary N) is 2. The maximum atomic E-state index is 13.9. The summed E-state index contributed by atoms with van der Waals surface area (Å²) in [4.78, 5) is 10.5. The fourth-order valence-electron chi connectivity index (χ4n) is 2.94. The van der Waals surface area contributed by atoms with Gasteiger partial charge in [0.2, 0.25) is 11.8 Å². The maximum Gasteiger partial charge on any atom is 0.238 e. The summed E-state index contributed by atoms with van der Waals surface area (Å²) in [7, 11) is 0. The molecule has 1 aliphatic rings. The van der Waals surface area contributed by atoms with Crippen molar-refractivity contribution in [2.45, 2.75) is 0 Å². The van der Waals surface area contributed by atoms with Crippen LogP contribution < -0.4 is 10.2 Å². The molecule has 1 fully saturated rings. The van der Waals surface area contributed by atoms with Crippen LogP contribution in [0.5, 0.6) is 0 Å². The van der Waals surface area contributed by atoms with Gasteiger partial charge in [0.15, 0.2) is 0 Å². The van der Waals surface area contributed by atoms with E-state index >= 15 is 0 Å².